The van der Waals surface area contributed by atoms with Crippen LogP contribution < -0.4 is 5.32 Å². The number of halogens is 1. The molecule has 0 saturated carbocycles. The second kappa shape index (κ2) is 8.13. The number of carbonyl (C=O) groups excluding carboxylic acids is 1. The van der Waals surface area contributed by atoms with E-state index in [9.17, 15) is 4.79 Å². The second-order valence-corrected chi connectivity index (χ2v) is 6.69. The number of carbonyl (C=O) groups is 1. The molecule has 23 heavy (non-hydrogen) atoms. The SMILES string of the molecule is CC(OCc1ccccc1)C(=O)N1CCC2(CCNC2)CC1.Cl. The zero-order valence-corrected chi connectivity index (χ0v) is 14.6. The van der Waals surface area contributed by atoms with E-state index in [0.29, 0.717) is 12.0 Å². The molecule has 1 aromatic carbocycles. The second-order valence-electron chi connectivity index (χ2n) is 6.69. The predicted octanol–water partition coefficient (Wildman–Crippen LogP) is 2.62. The summed E-state index contributed by atoms with van der Waals surface area (Å²) in [5, 5.41) is 3.46. The van der Waals surface area contributed by atoms with Crippen LogP contribution >= 0.6 is 12.4 Å². The molecule has 2 heterocycles. The lowest BCUT2D eigenvalue weighted by molar-refractivity contribution is -0.145. The highest BCUT2D eigenvalue weighted by molar-refractivity contribution is 5.85. The van der Waals surface area contributed by atoms with E-state index in [1.54, 1.807) is 0 Å². The molecule has 2 fully saturated rings. The summed E-state index contributed by atoms with van der Waals surface area (Å²) in [5.41, 5.74) is 1.56. The predicted molar refractivity (Wildman–Crippen MR) is 93.7 cm³/mol. The largest absolute Gasteiger partial charge is 0.364 e. The molecule has 1 amide bonds. The maximum atomic E-state index is 12.5. The Morgan fingerprint density at radius 3 is 2.57 bits per heavy atom. The Bertz CT molecular complexity index is 493. The number of nitrogens with one attached hydrogen (secondary N) is 1. The van der Waals surface area contributed by atoms with E-state index in [1.807, 2.05) is 42.2 Å². The molecule has 0 radical (unpaired) electrons. The van der Waals surface area contributed by atoms with E-state index in [0.717, 1.165) is 44.6 Å². The highest BCUT2D eigenvalue weighted by Gasteiger charge is 2.38. The van der Waals surface area contributed by atoms with Crippen LogP contribution in [0.3, 0.4) is 0 Å². The first kappa shape index (κ1) is 18.2. The molecule has 0 aromatic heterocycles. The van der Waals surface area contributed by atoms with Gasteiger partial charge in [-0.2, -0.15) is 0 Å². The number of hydrogen-bond acceptors (Lipinski definition) is 3. The molecule has 3 rings (SSSR count). The van der Waals surface area contributed by atoms with E-state index >= 15 is 0 Å². The lowest BCUT2D eigenvalue weighted by atomic mass is 9.78. The van der Waals surface area contributed by atoms with Crippen LogP contribution in [-0.4, -0.2) is 43.1 Å². The van der Waals surface area contributed by atoms with Crippen molar-refractivity contribution in [3.8, 4) is 0 Å². The van der Waals surface area contributed by atoms with Gasteiger partial charge in [0.15, 0.2) is 0 Å². The van der Waals surface area contributed by atoms with Gasteiger partial charge in [0.05, 0.1) is 6.61 Å². The number of benzene rings is 1. The zero-order valence-electron chi connectivity index (χ0n) is 13.8. The molecule has 1 aromatic rings. The summed E-state index contributed by atoms with van der Waals surface area (Å²) in [5.74, 6) is 0.136. The Hall–Kier alpha value is -1.10. The van der Waals surface area contributed by atoms with Crippen LogP contribution in [0, 0.1) is 5.41 Å². The Kier molecular flexibility index (Phi) is 6.45. The van der Waals surface area contributed by atoms with Gasteiger partial charge in [-0.15, -0.1) is 12.4 Å². The number of ether oxygens (including phenoxy) is 1. The smallest absolute Gasteiger partial charge is 0.251 e. The summed E-state index contributed by atoms with van der Waals surface area (Å²) in [4.78, 5) is 14.5. The normalized spacial score (nSPS) is 21.0. The van der Waals surface area contributed by atoms with Gasteiger partial charge in [0, 0.05) is 19.6 Å². The van der Waals surface area contributed by atoms with Crippen LogP contribution in [-0.2, 0) is 16.1 Å². The Morgan fingerprint density at radius 1 is 1.26 bits per heavy atom. The first-order valence-corrected chi connectivity index (χ1v) is 8.34. The molecule has 1 spiro atoms. The first-order valence-electron chi connectivity index (χ1n) is 8.34. The highest BCUT2D eigenvalue weighted by atomic mass is 35.5. The number of likely N-dealkylation sites (tertiary alicyclic amines) is 1. The third-order valence-corrected chi connectivity index (χ3v) is 5.16. The van der Waals surface area contributed by atoms with Gasteiger partial charge in [-0.1, -0.05) is 30.3 Å². The van der Waals surface area contributed by atoms with Crippen LogP contribution in [0.25, 0.3) is 0 Å². The number of piperidine rings is 1. The minimum Gasteiger partial charge on any atom is -0.364 e. The standard InChI is InChI=1S/C18H26N2O2.ClH/c1-15(22-13-16-5-3-2-4-6-16)17(21)20-11-8-18(9-12-20)7-10-19-14-18;/h2-6,15,19H,7-14H2,1H3;1H. The van der Waals surface area contributed by atoms with E-state index < -0.39 is 0 Å². The molecule has 2 aliphatic heterocycles. The van der Waals surface area contributed by atoms with Crippen molar-refractivity contribution in [1.29, 1.82) is 0 Å². The highest BCUT2D eigenvalue weighted by Crippen LogP contribution is 2.37. The topological polar surface area (TPSA) is 41.6 Å². The fourth-order valence-corrected chi connectivity index (χ4v) is 3.55. The van der Waals surface area contributed by atoms with Gasteiger partial charge in [-0.3, -0.25) is 4.79 Å². The third kappa shape index (κ3) is 4.46. The van der Waals surface area contributed by atoms with Crippen LogP contribution in [0.1, 0.15) is 31.7 Å². The number of amides is 1. The summed E-state index contributed by atoms with van der Waals surface area (Å²) in [6, 6.07) is 10.0. The van der Waals surface area contributed by atoms with Crippen molar-refractivity contribution in [2.45, 2.75) is 38.9 Å². The minimum absolute atomic E-state index is 0. The average Bonchev–Trinajstić information content (AvgIpc) is 3.02. The average molecular weight is 339 g/mol. The van der Waals surface area contributed by atoms with Crippen LogP contribution in [0.4, 0.5) is 0 Å². The molecule has 0 aliphatic carbocycles. The van der Waals surface area contributed by atoms with Crippen LogP contribution in [0.2, 0.25) is 0 Å². The van der Waals surface area contributed by atoms with Crippen molar-refractivity contribution < 1.29 is 9.53 Å². The molecular formula is C18H27ClN2O2. The van der Waals surface area contributed by atoms with Gasteiger partial charge in [-0.05, 0) is 43.7 Å². The van der Waals surface area contributed by atoms with Crippen molar-refractivity contribution in [1.82, 2.24) is 10.2 Å². The molecular weight excluding hydrogens is 312 g/mol. The maximum Gasteiger partial charge on any atom is 0.251 e. The van der Waals surface area contributed by atoms with E-state index in [1.165, 1.54) is 6.42 Å². The van der Waals surface area contributed by atoms with Gasteiger partial charge < -0.3 is 15.0 Å². The lowest BCUT2D eigenvalue weighted by Gasteiger charge is -2.39. The van der Waals surface area contributed by atoms with E-state index in [-0.39, 0.29) is 24.4 Å². The zero-order chi connectivity index (χ0) is 15.4. The lowest BCUT2D eigenvalue weighted by Crippen LogP contribution is -2.47. The monoisotopic (exact) mass is 338 g/mol. The summed E-state index contributed by atoms with van der Waals surface area (Å²) in [7, 11) is 0. The van der Waals surface area contributed by atoms with Crippen molar-refractivity contribution in [3.63, 3.8) is 0 Å². The fourth-order valence-electron chi connectivity index (χ4n) is 3.55. The van der Waals surface area contributed by atoms with E-state index in [2.05, 4.69) is 5.32 Å². The Labute approximate surface area is 145 Å². The summed E-state index contributed by atoms with van der Waals surface area (Å²) in [6.45, 7) is 6.36. The maximum absolute atomic E-state index is 12.5. The van der Waals surface area contributed by atoms with Gasteiger partial charge in [0.2, 0.25) is 0 Å². The quantitative estimate of drug-likeness (QED) is 0.917. The molecule has 128 valence electrons. The molecule has 1 unspecified atom stereocenters. The number of hydrogen-bond donors (Lipinski definition) is 1. The molecule has 1 N–H and O–H groups in total. The molecule has 2 saturated heterocycles. The first-order chi connectivity index (χ1) is 10.7. The molecule has 5 heteroatoms. The van der Waals surface area contributed by atoms with Gasteiger partial charge in [0.1, 0.15) is 6.10 Å². The molecule has 4 nitrogen and oxygen atoms in total. The molecule has 1 atom stereocenters. The Balaban J connectivity index is 0.00000192. The van der Waals surface area contributed by atoms with E-state index in [4.69, 9.17) is 4.74 Å². The van der Waals surface area contributed by atoms with Crippen LogP contribution in [0.5, 0.6) is 0 Å². The summed E-state index contributed by atoms with van der Waals surface area (Å²) >= 11 is 0. The van der Waals surface area contributed by atoms with Gasteiger partial charge in [0.25, 0.3) is 5.91 Å². The minimum atomic E-state index is -0.365. The number of nitrogens with zero attached hydrogens (tertiary/aromatic N) is 1. The Morgan fingerprint density at radius 2 is 1.96 bits per heavy atom. The van der Waals surface area contributed by atoms with Crippen molar-refractivity contribution >= 4 is 18.3 Å². The van der Waals surface area contributed by atoms with Crippen LogP contribution in [0.15, 0.2) is 30.3 Å². The van der Waals surface area contributed by atoms with Gasteiger partial charge in [-0.25, -0.2) is 0 Å². The van der Waals surface area contributed by atoms with Gasteiger partial charge >= 0.3 is 0 Å². The van der Waals surface area contributed by atoms with Crippen molar-refractivity contribution in [2.24, 2.45) is 5.41 Å². The third-order valence-electron chi connectivity index (χ3n) is 5.16. The number of rotatable bonds is 4. The van der Waals surface area contributed by atoms with Crippen molar-refractivity contribution in [2.75, 3.05) is 26.2 Å². The molecule has 2 aliphatic rings. The summed E-state index contributed by atoms with van der Waals surface area (Å²) in [6.07, 6.45) is 3.14. The van der Waals surface area contributed by atoms with Crippen molar-refractivity contribution in [3.05, 3.63) is 35.9 Å². The fraction of sp³-hybridized carbons (Fsp3) is 0.611. The summed E-state index contributed by atoms with van der Waals surface area (Å²) < 4.78 is 5.76. The molecule has 0 bridgehead atoms.